The minimum atomic E-state index is -0.685. The molecule has 1 aromatic rings. The molecule has 0 saturated heterocycles. The first-order valence-corrected chi connectivity index (χ1v) is 3.84. The van der Waals surface area contributed by atoms with Crippen LogP contribution >= 0.6 is 0 Å². The van der Waals surface area contributed by atoms with Gasteiger partial charge < -0.3 is 4.74 Å². The minimum Gasteiger partial charge on any atom is -0.459 e. The van der Waals surface area contributed by atoms with Crippen LogP contribution in [0.15, 0.2) is 18.3 Å². The number of rotatable bonds is 1. The third-order valence-corrected chi connectivity index (χ3v) is 1.44. The van der Waals surface area contributed by atoms with E-state index in [1.807, 2.05) is 0 Å². The van der Waals surface area contributed by atoms with Crippen molar-refractivity contribution >= 4 is 11.7 Å². The highest BCUT2D eigenvalue weighted by Gasteiger charge is 2.03. The van der Waals surface area contributed by atoms with Gasteiger partial charge in [-0.05, 0) is 12.0 Å². The van der Waals surface area contributed by atoms with E-state index in [-0.39, 0.29) is 11.4 Å². The van der Waals surface area contributed by atoms with Crippen LogP contribution in [0.3, 0.4) is 0 Å². The Kier molecular flexibility index (Phi) is 3.35. The largest absolute Gasteiger partial charge is 0.459 e. The first-order valence-electron chi connectivity index (χ1n) is 3.84. The first kappa shape index (κ1) is 10.7. The Morgan fingerprint density at radius 1 is 1.60 bits per heavy atom. The van der Waals surface area contributed by atoms with Crippen LogP contribution in [-0.2, 0) is 9.53 Å². The summed E-state index contributed by atoms with van der Waals surface area (Å²) in [7, 11) is 1.21. The molecule has 76 valence electrons. The summed E-state index contributed by atoms with van der Waals surface area (Å²) in [6, 6.07) is 2.61. The highest BCUT2D eigenvalue weighted by atomic mass is 16.6. The van der Waals surface area contributed by atoms with E-state index in [1.165, 1.54) is 19.2 Å². The van der Waals surface area contributed by atoms with E-state index in [2.05, 4.69) is 21.6 Å². The lowest BCUT2D eigenvalue weighted by molar-refractivity contribution is -0.385. The summed E-state index contributed by atoms with van der Waals surface area (Å²) < 4.78 is 4.29. The summed E-state index contributed by atoms with van der Waals surface area (Å²) in [5.41, 5.74) is 0.143. The number of aromatic nitrogens is 1. The van der Waals surface area contributed by atoms with Gasteiger partial charge in [-0.25, -0.2) is 9.78 Å². The van der Waals surface area contributed by atoms with Crippen molar-refractivity contribution in [3.63, 3.8) is 0 Å². The molecule has 0 bridgehead atoms. The van der Waals surface area contributed by atoms with Crippen molar-refractivity contribution in [2.45, 2.75) is 0 Å². The topological polar surface area (TPSA) is 82.3 Å². The number of nitrogens with zero attached hydrogens (tertiary/aromatic N) is 2. The number of carbonyl (C=O) groups is 1. The highest BCUT2D eigenvalue weighted by Crippen LogP contribution is 2.07. The maximum atomic E-state index is 10.6. The average molecular weight is 206 g/mol. The number of esters is 1. The van der Waals surface area contributed by atoms with E-state index in [0.29, 0.717) is 0 Å². The number of nitro groups is 1. The van der Waals surface area contributed by atoms with Gasteiger partial charge in [0.15, 0.2) is 0 Å². The molecule has 0 aliphatic rings. The molecule has 6 nitrogen and oxygen atoms in total. The summed E-state index contributed by atoms with van der Waals surface area (Å²) in [5, 5.41) is 10.3. The molecule has 0 N–H and O–H groups in total. The van der Waals surface area contributed by atoms with E-state index >= 15 is 0 Å². The normalized spacial score (nSPS) is 8.60. The molecular formula is C9H6N2O4. The summed E-state index contributed by atoms with van der Waals surface area (Å²) in [5.74, 6) is 3.87. The molecular weight excluding hydrogens is 200 g/mol. The van der Waals surface area contributed by atoms with Crippen LogP contribution in [0.25, 0.3) is 0 Å². The molecule has 6 heteroatoms. The van der Waals surface area contributed by atoms with Crippen molar-refractivity contribution in [2.75, 3.05) is 7.11 Å². The molecule has 0 atom stereocenters. The van der Waals surface area contributed by atoms with Crippen LogP contribution in [0.5, 0.6) is 0 Å². The van der Waals surface area contributed by atoms with Gasteiger partial charge in [-0.1, -0.05) is 0 Å². The van der Waals surface area contributed by atoms with Crippen molar-refractivity contribution in [3.05, 3.63) is 34.1 Å². The van der Waals surface area contributed by atoms with Gasteiger partial charge in [0.2, 0.25) is 0 Å². The van der Waals surface area contributed by atoms with E-state index in [9.17, 15) is 14.9 Å². The Bertz CT molecular complexity index is 441. The molecule has 0 spiro atoms. The van der Waals surface area contributed by atoms with Crippen LogP contribution in [0.2, 0.25) is 0 Å². The lowest BCUT2D eigenvalue weighted by atomic mass is 10.3. The molecule has 0 saturated carbocycles. The van der Waals surface area contributed by atoms with Crippen molar-refractivity contribution in [2.24, 2.45) is 0 Å². The predicted molar refractivity (Wildman–Crippen MR) is 49.8 cm³/mol. The SMILES string of the molecule is COC(=O)C#Cc1ccc([N+](=O)[O-])cn1. The fourth-order valence-electron chi connectivity index (χ4n) is 0.734. The first-order chi connectivity index (χ1) is 7.13. The van der Waals surface area contributed by atoms with Crippen LogP contribution in [0, 0.1) is 22.0 Å². The quantitative estimate of drug-likeness (QED) is 0.289. The second-order valence-electron chi connectivity index (χ2n) is 2.40. The van der Waals surface area contributed by atoms with Crippen LogP contribution in [0.1, 0.15) is 5.69 Å². The van der Waals surface area contributed by atoms with Crippen LogP contribution in [0.4, 0.5) is 5.69 Å². The van der Waals surface area contributed by atoms with Crippen LogP contribution < -0.4 is 0 Å². The van der Waals surface area contributed by atoms with E-state index in [0.717, 1.165) is 6.20 Å². The van der Waals surface area contributed by atoms with E-state index < -0.39 is 10.9 Å². The fourth-order valence-corrected chi connectivity index (χ4v) is 0.734. The van der Waals surface area contributed by atoms with Gasteiger partial charge in [-0.3, -0.25) is 10.1 Å². The Morgan fingerprint density at radius 2 is 2.33 bits per heavy atom. The van der Waals surface area contributed by atoms with Crippen molar-refractivity contribution < 1.29 is 14.5 Å². The molecule has 0 unspecified atom stereocenters. The minimum absolute atomic E-state index is 0.126. The number of pyridine rings is 1. The zero-order valence-electron chi connectivity index (χ0n) is 7.76. The molecule has 1 heterocycles. The Balaban J connectivity index is 2.84. The summed E-state index contributed by atoms with van der Waals surface area (Å²) >= 11 is 0. The standard InChI is InChI=1S/C9H6N2O4/c1-15-9(12)5-3-7-2-4-8(6-10-7)11(13)14/h2,4,6H,1H3. The van der Waals surface area contributed by atoms with Gasteiger partial charge in [-0.2, -0.15) is 0 Å². The van der Waals surface area contributed by atoms with Gasteiger partial charge in [0.1, 0.15) is 11.9 Å². The molecule has 15 heavy (non-hydrogen) atoms. The maximum absolute atomic E-state index is 10.6. The molecule has 1 aromatic heterocycles. The highest BCUT2D eigenvalue weighted by molar-refractivity contribution is 5.88. The number of hydrogen-bond acceptors (Lipinski definition) is 5. The van der Waals surface area contributed by atoms with E-state index in [4.69, 9.17) is 0 Å². The fraction of sp³-hybridized carbons (Fsp3) is 0.111. The smallest absolute Gasteiger partial charge is 0.384 e. The molecule has 0 aliphatic carbocycles. The third-order valence-electron chi connectivity index (χ3n) is 1.44. The van der Waals surface area contributed by atoms with Crippen LogP contribution in [-0.4, -0.2) is 23.0 Å². The second-order valence-corrected chi connectivity index (χ2v) is 2.40. The zero-order valence-corrected chi connectivity index (χ0v) is 7.76. The molecule has 0 amide bonds. The summed E-state index contributed by atoms with van der Waals surface area (Å²) in [4.78, 5) is 24.0. The molecule has 0 aliphatic heterocycles. The molecule has 0 aromatic carbocycles. The zero-order chi connectivity index (χ0) is 11.3. The van der Waals surface area contributed by atoms with Gasteiger partial charge >= 0.3 is 5.97 Å². The number of methoxy groups -OCH3 is 1. The molecule has 1 rings (SSSR count). The van der Waals surface area contributed by atoms with Gasteiger partial charge in [0.25, 0.3) is 5.69 Å². The Hall–Kier alpha value is -2.42. The number of hydrogen-bond donors (Lipinski definition) is 0. The predicted octanol–water partition coefficient (Wildman–Crippen LogP) is 0.514. The summed E-state index contributed by atoms with van der Waals surface area (Å²) in [6.07, 6.45) is 1.07. The molecule has 0 fully saturated rings. The van der Waals surface area contributed by atoms with Gasteiger partial charge in [0, 0.05) is 12.0 Å². The third kappa shape index (κ3) is 3.08. The molecule has 0 radical (unpaired) electrons. The number of carbonyl (C=O) groups excluding carboxylic acids is 1. The van der Waals surface area contributed by atoms with Crippen molar-refractivity contribution in [3.8, 4) is 11.8 Å². The van der Waals surface area contributed by atoms with Gasteiger partial charge in [-0.15, -0.1) is 0 Å². The Labute approximate surface area is 85.0 Å². The van der Waals surface area contributed by atoms with Crippen molar-refractivity contribution in [1.29, 1.82) is 0 Å². The lowest BCUT2D eigenvalue weighted by Gasteiger charge is -1.90. The monoisotopic (exact) mass is 206 g/mol. The lowest BCUT2D eigenvalue weighted by Crippen LogP contribution is -1.95. The maximum Gasteiger partial charge on any atom is 0.384 e. The number of ether oxygens (including phenoxy) is 1. The Morgan fingerprint density at radius 3 is 2.80 bits per heavy atom. The summed E-state index contributed by atoms with van der Waals surface area (Å²) in [6.45, 7) is 0. The average Bonchev–Trinajstić information content (AvgIpc) is 2.26. The van der Waals surface area contributed by atoms with E-state index in [1.54, 1.807) is 0 Å². The van der Waals surface area contributed by atoms with Crippen molar-refractivity contribution in [1.82, 2.24) is 4.98 Å². The van der Waals surface area contributed by atoms with Gasteiger partial charge in [0.05, 0.1) is 12.0 Å². The second kappa shape index (κ2) is 4.72.